The smallest absolute Gasteiger partial charge is 0.126 e. The summed E-state index contributed by atoms with van der Waals surface area (Å²) in [7, 11) is 1.67. The van der Waals surface area contributed by atoms with Gasteiger partial charge in [0.1, 0.15) is 5.82 Å². The van der Waals surface area contributed by atoms with Gasteiger partial charge in [0.25, 0.3) is 0 Å². The minimum atomic E-state index is -0.198. The Morgan fingerprint density at radius 2 is 2.00 bits per heavy atom. The highest BCUT2D eigenvalue weighted by atomic mass is 19.1. The van der Waals surface area contributed by atoms with Crippen molar-refractivity contribution in [1.82, 2.24) is 0 Å². The highest BCUT2D eigenvalue weighted by molar-refractivity contribution is 6.09. The van der Waals surface area contributed by atoms with E-state index in [2.05, 4.69) is 11.6 Å². The topological polar surface area (TPSA) is 12.4 Å². The summed E-state index contributed by atoms with van der Waals surface area (Å²) in [5.74, 6) is -0.198. The van der Waals surface area contributed by atoms with Crippen LogP contribution in [-0.2, 0) is 0 Å². The third-order valence-electron chi connectivity index (χ3n) is 2.14. The average Bonchev–Trinajstić information content (AvgIpc) is 2.11. The molecule has 0 saturated carbocycles. The normalized spacial score (nSPS) is 10.9. The largest absolute Gasteiger partial charge is 0.296 e. The highest BCUT2D eigenvalue weighted by Crippen LogP contribution is 2.19. The standard InChI is InChI=1S/C12H14FN/c1-8-5-9(2)12(13)6-11(8)10(3)7-14-4/h5-7H,3H2,1-2,4H3. The van der Waals surface area contributed by atoms with Crippen LogP contribution in [0.25, 0.3) is 5.57 Å². The maximum Gasteiger partial charge on any atom is 0.126 e. The van der Waals surface area contributed by atoms with Gasteiger partial charge < -0.3 is 0 Å². The molecule has 0 fully saturated rings. The van der Waals surface area contributed by atoms with E-state index in [1.165, 1.54) is 6.07 Å². The van der Waals surface area contributed by atoms with Crippen molar-refractivity contribution in [1.29, 1.82) is 0 Å². The molecule has 0 aliphatic carbocycles. The van der Waals surface area contributed by atoms with Crippen molar-refractivity contribution in [2.75, 3.05) is 7.05 Å². The first-order chi connectivity index (χ1) is 6.56. The molecule has 0 amide bonds. The van der Waals surface area contributed by atoms with Gasteiger partial charge in [-0.1, -0.05) is 12.6 Å². The summed E-state index contributed by atoms with van der Waals surface area (Å²) in [6.07, 6.45) is 1.64. The van der Waals surface area contributed by atoms with Crippen LogP contribution in [0.3, 0.4) is 0 Å². The number of halogens is 1. The Hall–Kier alpha value is -1.44. The molecular weight excluding hydrogens is 177 g/mol. The zero-order valence-corrected chi connectivity index (χ0v) is 8.76. The minimum Gasteiger partial charge on any atom is -0.296 e. The Balaban J connectivity index is 3.22. The highest BCUT2D eigenvalue weighted by Gasteiger charge is 2.05. The Morgan fingerprint density at radius 3 is 2.57 bits per heavy atom. The van der Waals surface area contributed by atoms with Gasteiger partial charge in [-0.15, -0.1) is 0 Å². The van der Waals surface area contributed by atoms with Crippen LogP contribution in [0.1, 0.15) is 16.7 Å². The van der Waals surface area contributed by atoms with E-state index >= 15 is 0 Å². The SMILES string of the molecule is C=C(C=NC)c1cc(F)c(C)cc1C. The van der Waals surface area contributed by atoms with E-state index < -0.39 is 0 Å². The third-order valence-corrected chi connectivity index (χ3v) is 2.14. The first-order valence-corrected chi connectivity index (χ1v) is 4.44. The van der Waals surface area contributed by atoms with Crippen LogP contribution >= 0.6 is 0 Å². The van der Waals surface area contributed by atoms with Crippen LogP contribution in [0.4, 0.5) is 4.39 Å². The predicted molar refractivity (Wildman–Crippen MR) is 59.3 cm³/mol. The molecule has 0 bridgehead atoms. The molecule has 0 saturated heterocycles. The van der Waals surface area contributed by atoms with Gasteiger partial charge in [0.05, 0.1) is 0 Å². The van der Waals surface area contributed by atoms with Crippen molar-refractivity contribution in [2.45, 2.75) is 13.8 Å². The van der Waals surface area contributed by atoms with Crippen LogP contribution in [0.5, 0.6) is 0 Å². The van der Waals surface area contributed by atoms with Crippen molar-refractivity contribution >= 4 is 11.8 Å². The van der Waals surface area contributed by atoms with E-state index in [0.717, 1.165) is 16.7 Å². The summed E-state index contributed by atoms with van der Waals surface area (Å²) in [4.78, 5) is 3.86. The molecule has 1 nitrogen and oxygen atoms in total. The number of hydrogen-bond acceptors (Lipinski definition) is 1. The number of aryl methyl sites for hydroxylation is 2. The van der Waals surface area contributed by atoms with Crippen molar-refractivity contribution in [3.8, 4) is 0 Å². The molecule has 0 radical (unpaired) electrons. The molecule has 1 aromatic rings. The molecule has 1 rings (SSSR count). The molecule has 1 aromatic carbocycles. The van der Waals surface area contributed by atoms with E-state index in [1.807, 2.05) is 13.0 Å². The Bertz CT molecular complexity index is 392. The first kappa shape index (κ1) is 10.6. The minimum absolute atomic E-state index is 0.198. The monoisotopic (exact) mass is 191 g/mol. The third kappa shape index (κ3) is 2.08. The molecule has 0 aliphatic rings. The zero-order chi connectivity index (χ0) is 10.7. The maximum atomic E-state index is 13.3. The second-order valence-corrected chi connectivity index (χ2v) is 3.33. The number of nitrogens with zero attached hydrogens (tertiary/aromatic N) is 1. The maximum absolute atomic E-state index is 13.3. The van der Waals surface area contributed by atoms with E-state index in [4.69, 9.17) is 0 Å². The fourth-order valence-electron chi connectivity index (χ4n) is 1.40. The number of hydrogen-bond donors (Lipinski definition) is 0. The van der Waals surface area contributed by atoms with Crippen LogP contribution < -0.4 is 0 Å². The lowest BCUT2D eigenvalue weighted by atomic mass is 10.00. The first-order valence-electron chi connectivity index (χ1n) is 4.44. The van der Waals surface area contributed by atoms with Gasteiger partial charge in [0, 0.05) is 13.3 Å². The lowest BCUT2D eigenvalue weighted by molar-refractivity contribution is 0.617. The van der Waals surface area contributed by atoms with Crippen LogP contribution in [0.2, 0.25) is 0 Å². The van der Waals surface area contributed by atoms with Crippen molar-refractivity contribution in [3.05, 3.63) is 41.2 Å². The number of rotatable bonds is 2. The van der Waals surface area contributed by atoms with E-state index in [1.54, 1.807) is 20.2 Å². The van der Waals surface area contributed by atoms with Crippen molar-refractivity contribution < 1.29 is 4.39 Å². The van der Waals surface area contributed by atoms with Gasteiger partial charge >= 0.3 is 0 Å². The molecule has 74 valence electrons. The van der Waals surface area contributed by atoms with Crippen LogP contribution in [-0.4, -0.2) is 13.3 Å². The van der Waals surface area contributed by atoms with E-state index in [0.29, 0.717) is 5.56 Å². The number of aliphatic imine (C=N–C) groups is 1. The zero-order valence-electron chi connectivity index (χ0n) is 8.76. The second kappa shape index (κ2) is 4.18. The van der Waals surface area contributed by atoms with Crippen LogP contribution in [0, 0.1) is 19.7 Å². The summed E-state index contributed by atoms with van der Waals surface area (Å²) in [5.41, 5.74) is 3.24. The molecule has 0 aromatic heterocycles. The molecule has 0 unspecified atom stereocenters. The summed E-state index contributed by atoms with van der Waals surface area (Å²) >= 11 is 0. The van der Waals surface area contributed by atoms with E-state index in [9.17, 15) is 4.39 Å². The van der Waals surface area contributed by atoms with E-state index in [-0.39, 0.29) is 5.82 Å². The Labute approximate surface area is 84.0 Å². The molecular formula is C12H14FN. The molecule has 0 spiro atoms. The Morgan fingerprint density at radius 1 is 1.36 bits per heavy atom. The second-order valence-electron chi connectivity index (χ2n) is 3.33. The summed E-state index contributed by atoms with van der Waals surface area (Å²) in [6, 6.07) is 3.33. The van der Waals surface area contributed by atoms with Gasteiger partial charge in [-0.2, -0.15) is 0 Å². The van der Waals surface area contributed by atoms with Crippen LogP contribution in [0.15, 0.2) is 23.7 Å². The van der Waals surface area contributed by atoms with Gasteiger partial charge in [-0.25, -0.2) is 4.39 Å². The molecule has 0 N–H and O–H groups in total. The summed E-state index contributed by atoms with van der Waals surface area (Å²) in [6.45, 7) is 7.52. The summed E-state index contributed by atoms with van der Waals surface area (Å²) < 4.78 is 13.3. The van der Waals surface area contributed by atoms with Gasteiger partial charge in [0.2, 0.25) is 0 Å². The predicted octanol–water partition coefficient (Wildman–Crippen LogP) is 3.16. The molecule has 2 heteroatoms. The van der Waals surface area contributed by atoms with Gasteiger partial charge in [-0.3, -0.25) is 4.99 Å². The van der Waals surface area contributed by atoms with Gasteiger partial charge in [0.15, 0.2) is 0 Å². The lowest BCUT2D eigenvalue weighted by Gasteiger charge is -2.07. The van der Waals surface area contributed by atoms with Crippen molar-refractivity contribution in [3.63, 3.8) is 0 Å². The van der Waals surface area contributed by atoms with Crippen molar-refractivity contribution in [2.24, 2.45) is 4.99 Å². The molecule has 14 heavy (non-hydrogen) atoms. The molecule has 0 aliphatic heterocycles. The fourth-order valence-corrected chi connectivity index (χ4v) is 1.40. The fraction of sp³-hybridized carbons (Fsp3) is 0.250. The lowest BCUT2D eigenvalue weighted by Crippen LogP contribution is -1.93. The number of allylic oxidation sites excluding steroid dienone is 1. The Kier molecular flexibility index (Phi) is 3.18. The summed E-state index contributed by atoms with van der Waals surface area (Å²) in [5, 5.41) is 0. The quantitative estimate of drug-likeness (QED) is 0.637. The molecule has 0 atom stereocenters. The average molecular weight is 191 g/mol. The molecule has 0 heterocycles. The number of benzene rings is 1. The van der Waals surface area contributed by atoms with Gasteiger partial charge in [-0.05, 0) is 42.2 Å².